The van der Waals surface area contributed by atoms with Crippen LogP contribution < -0.4 is 10.1 Å². The monoisotopic (exact) mass is 282 g/mol. The van der Waals surface area contributed by atoms with Crippen molar-refractivity contribution in [1.82, 2.24) is 4.98 Å². The number of alkyl halides is 3. The summed E-state index contributed by atoms with van der Waals surface area (Å²) in [4.78, 5) is 15.6. The van der Waals surface area contributed by atoms with Crippen molar-refractivity contribution in [2.24, 2.45) is 0 Å². The Morgan fingerprint density at radius 2 is 1.65 bits per heavy atom. The number of anilines is 1. The van der Waals surface area contributed by atoms with Crippen LogP contribution in [0.25, 0.3) is 0 Å². The number of ether oxygens (including phenoxy) is 1. The summed E-state index contributed by atoms with van der Waals surface area (Å²) in [5.74, 6) is -0.726. The third-order valence-corrected chi connectivity index (χ3v) is 2.29. The van der Waals surface area contributed by atoms with E-state index in [1.165, 1.54) is 36.7 Å². The Hall–Kier alpha value is -2.57. The predicted octanol–water partition coefficient (Wildman–Crippen LogP) is 3.23. The van der Waals surface area contributed by atoms with Gasteiger partial charge in [0, 0.05) is 23.6 Å². The second-order valence-electron chi connectivity index (χ2n) is 3.76. The first-order valence-corrected chi connectivity index (χ1v) is 5.51. The number of hydrogen-bond acceptors (Lipinski definition) is 3. The number of nitrogens with zero attached hydrogens (tertiary/aromatic N) is 1. The summed E-state index contributed by atoms with van der Waals surface area (Å²) >= 11 is 0. The van der Waals surface area contributed by atoms with Gasteiger partial charge in [-0.3, -0.25) is 9.78 Å². The fraction of sp³-hybridized carbons (Fsp3) is 0.0769. The second-order valence-corrected chi connectivity index (χ2v) is 3.76. The van der Waals surface area contributed by atoms with E-state index in [0.29, 0.717) is 11.3 Å². The Bertz CT molecular complexity index is 583. The van der Waals surface area contributed by atoms with E-state index in [0.717, 1.165) is 12.1 Å². The summed E-state index contributed by atoms with van der Waals surface area (Å²) in [6.45, 7) is 0. The summed E-state index contributed by atoms with van der Waals surface area (Å²) in [6.07, 6.45) is -1.80. The van der Waals surface area contributed by atoms with Gasteiger partial charge >= 0.3 is 6.36 Å². The van der Waals surface area contributed by atoms with E-state index in [1.807, 2.05) is 0 Å². The topological polar surface area (TPSA) is 51.2 Å². The number of pyridine rings is 1. The number of hydrogen-bond donors (Lipinski definition) is 1. The number of aromatic nitrogens is 1. The van der Waals surface area contributed by atoms with Gasteiger partial charge in [-0.25, -0.2) is 0 Å². The van der Waals surface area contributed by atoms with Crippen molar-refractivity contribution in [2.75, 3.05) is 5.32 Å². The highest BCUT2D eigenvalue weighted by Crippen LogP contribution is 2.24. The van der Waals surface area contributed by atoms with Gasteiger partial charge in [0.25, 0.3) is 5.91 Å². The largest absolute Gasteiger partial charge is 0.573 e. The molecule has 0 unspecified atom stereocenters. The third kappa shape index (κ3) is 3.98. The fourth-order valence-electron chi connectivity index (χ4n) is 1.45. The van der Waals surface area contributed by atoms with E-state index in [1.54, 1.807) is 0 Å². The molecule has 104 valence electrons. The summed E-state index contributed by atoms with van der Waals surface area (Å²) in [6, 6.07) is 7.93. The molecule has 0 saturated carbocycles. The molecule has 0 aliphatic rings. The summed E-state index contributed by atoms with van der Waals surface area (Å²) < 4.78 is 39.7. The van der Waals surface area contributed by atoms with Crippen molar-refractivity contribution in [3.8, 4) is 5.75 Å². The summed E-state index contributed by atoms with van der Waals surface area (Å²) in [5.41, 5.74) is 0.761. The lowest BCUT2D eigenvalue weighted by Gasteiger charge is -2.09. The van der Waals surface area contributed by atoms with Gasteiger partial charge < -0.3 is 10.1 Å². The van der Waals surface area contributed by atoms with Gasteiger partial charge in [0.05, 0.1) is 0 Å². The average molecular weight is 282 g/mol. The van der Waals surface area contributed by atoms with Crippen molar-refractivity contribution in [3.63, 3.8) is 0 Å². The molecule has 1 aromatic heterocycles. The SMILES string of the molecule is O=C(Nc1ccc(OC(F)(F)F)cc1)c1ccncc1. The maximum absolute atomic E-state index is 12.0. The molecule has 4 nitrogen and oxygen atoms in total. The van der Waals surface area contributed by atoms with Crippen LogP contribution in [0.2, 0.25) is 0 Å². The van der Waals surface area contributed by atoms with Gasteiger partial charge in [-0.1, -0.05) is 0 Å². The van der Waals surface area contributed by atoms with E-state index in [2.05, 4.69) is 15.0 Å². The first-order valence-electron chi connectivity index (χ1n) is 5.51. The van der Waals surface area contributed by atoms with Gasteiger partial charge in [0.1, 0.15) is 5.75 Å². The average Bonchev–Trinajstić information content (AvgIpc) is 2.40. The quantitative estimate of drug-likeness (QED) is 0.940. The number of rotatable bonds is 3. The number of nitrogens with one attached hydrogen (secondary N) is 1. The van der Waals surface area contributed by atoms with Crippen LogP contribution in [0.5, 0.6) is 5.75 Å². The number of carbonyl (C=O) groups excluding carboxylic acids is 1. The third-order valence-electron chi connectivity index (χ3n) is 2.29. The molecule has 0 radical (unpaired) electrons. The van der Waals surface area contributed by atoms with E-state index in [-0.39, 0.29) is 11.7 Å². The van der Waals surface area contributed by atoms with Gasteiger partial charge in [0.2, 0.25) is 0 Å². The van der Waals surface area contributed by atoms with E-state index in [9.17, 15) is 18.0 Å². The highest BCUT2D eigenvalue weighted by molar-refractivity contribution is 6.04. The number of halogens is 3. The molecule has 1 heterocycles. The molecular formula is C13H9F3N2O2. The van der Waals surface area contributed by atoms with Crippen LogP contribution in [-0.2, 0) is 0 Å². The molecule has 0 spiro atoms. The van der Waals surface area contributed by atoms with Gasteiger partial charge in [-0.2, -0.15) is 0 Å². The van der Waals surface area contributed by atoms with Crippen LogP contribution in [0.15, 0.2) is 48.8 Å². The Morgan fingerprint density at radius 1 is 1.05 bits per heavy atom. The Balaban J connectivity index is 2.02. The fourth-order valence-corrected chi connectivity index (χ4v) is 1.45. The van der Waals surface area contributed by atoms with Crippen LogP contribution in [0.1, 0.15) is 10.4 Å². The van der Waals surface area contributed by atoms with E-state index >= 15 is 0 Å². The molecule has 2 rings (SSSR count). The summed E-state index contributed by atoms with van der Waals surface area (Å²) in [7, 11) is 0. The molecule has 1 amide bonds. The Morgan fingerprint density at radius 3 is 2.20 bits per heavy atom. The maximum Gasteiger partial charge on any atom is 0.573 e. The van der Waals surface area contributed by atoms with Crippen LogP contribution in [-0.4, -0.2) is 17.3 Å². The van der Waals surface area contributed by atoms with Crippen LogP contribution in [0.3, 0.4) is 0 Å². The number of carbonyl (C=O) groups is 1. The Labute approximate surface area is 112 Å². The van der Waals surface area contributed by atoms with Crippen molar-refractivity contribution in [3.05, 3.63) is 54.4 Å². The molecule has 0 saturated heterocycles. The van der Waals surface area contributed by atoms with Crippen LogP contribution in [0, 0.1) is 0 Å². The molecule has 2 aromatic rings. The molecular weight excluding hydrogens is 273 g/mol. The van der Waals surface area contributed by atoms with Crippen molar-refractivity contribution < 1.29 is 22.7 Å². The first kappa shape index (κ1) is 13.9. The standard InChI is InChI=1S/C13H9F3N2O2/c14-13(15,16)20-11-3-1-10(2-4-11)18-12(19)9-5-7-17-8-6-9/h1-8H,(H,18,19). The minimum absolute atomic E-state index is 0.348. The number of amides is 1. The molecule has 0 atom stereocenters. The molecule has 0 fully saturated rings. The highest BCUT2D eigenvalue weighted by Gasteiger charge is 2.30. The lowest BCUT2D eigenvalue weighted by atomic mass is 10.2. The lowest BCUT2D eigenvalue weighted by Crippen LogP contribution is -2.17. The zero-order chi connectivity index (χ0) is 14.6. The first-order chi connectivity index (χ1) is 9.44. The normalized spacial score (nSPS) is 10.9. The zero-order valence-corrected chi connectivity index (χ0v) is 10.0. The predicted molar refractivity (Wildman–Crippen MR) is 65.3 cm³/mol. The Kier molecular flexibility index (Phi) is 3.88. The van der Waals surface area contributed by atoms with Crippen LogP contribution >= 0.6 is 0 Å². The molecule has 20 heavy (non-hydrogen) atoms. The lowest BCUT2D eigenvalue weighted by molar-refractivity contribution is -0.274. The molecule has 0 aliphatic carbocycles. The minimum Gasteiger partial charge on any atom is -0.406 e. The zero-order valence-electron chi connectivity index (χ0n) is 10.0. The molecule has 0 aliphatic heterocycles. The number of benzene rings is 1. The summed E-state index contributed by atoms with van der Waals surface area (Å²) in [5, 5.41) is 2.54. The smallest absolute Gasteiger partial charge is 0.406 e. The van der Waals surface area contributed by atoms with Crippen LogP contribution in [0.4, 0.5) is 18.9 Å². The van der Waals surface area contributed by atoms with E-state index in [4.69, 9.17) is 0 Å². The molecule has 0 bridgehead atoms. The van der Waals surface area contributed by atoms with Crippen molar-refractivity contribution in [2.45, 2.75) is 6.36 Å². The second kappa shape index (κ2) is 5.60. The van der Waals surface area contributed by atoms with Gasteiger partial charge in [-0.05, 0) is 36.4 Å². The van der Waals surface area contributed by atoms with Gasteiger partial charge in [0.15, 0.2) is 0 Å². The van der Waals surface area contributed by atoms with Crippen molar-refractivity contribution in [1.29, 1.82) is 0 Å². The molecule has 1 N–H and O–H groups in total. The van der Waals surface area contributed by atoms with Crippen molar-refractivity contribution >= 4 is 11.6 Å². The highest BCUT2D eigenvalue weighted by atomic mass is 19.4. The van der Waals surface area contributed by atoms with E-state index < -0.39 is 6.36 Å². The minimum atomic E-state index is -4.73. The molecule has 1 aromatic carbocycles. The maximum atomic E-state index is 12.0. The van der Waals surface area contributed by atoms with Gasteiger partial charge in [-0.15, -0.1) is 13.2 Å². The molecule has 7 heteroatoms.